The summed E-state index contributed by atoms with van der Waals surface area (Å²) in [6, 6.07) is 2.40. The van der Waals surface area contributed by atoms with Gasteiger partial charge in [0.15, 0.2) is 0 Å². The SMILES string of the molecule is Cc1cc(F)c(NCCNC(C)(C)C)cc1F. The highest BCUT2D eigenvalue weighted by Crippen LogP contribution is 2.18. The van der Waals surface area contributed by atoms with Crippen LogP contribution in [-0.4, -0.2) is 18.6 Å². The van der Waals surface area contributed by atoms with Gasteiger partial charge in [0.2, 0.25) is 0 Å². The van der Waals surface area contributed by atoms with Crippen LogP contribution in [-0.2, 0) is 0 Å². The average Bonchev–Trinajstić information content (AvgIpc) is 2.18. The predicted octanol–water partition coefficient (Wildman–Crippen LogP) is 3.07. The molecular weight excluding hydrogens is 222 g/mol. The first-order chi connectivity index (χ1) is 7.79. The van der Waals surface area contributed by atoms with Gasteiger partial charge in [0.05, 0.1) is 5.69 Å². The molecule has 1 rings (SSSR count). The molecule has 1 aromatic rings. The first-order valence-corrected chi connectivity index (χ1v) is 5.74. The molecule has 17 heavy (non-hydrogen) atoms. The van der Waals surface area contributed by atoms with E-state index in [1.807, 2.05) is 0 Å². The number of halogens is 2. The Labute approximate surface area is 101 Å². The first-order valence-electron chi connectivity index (χ1n) is 5.74. The van der Waals surface area contributed by atoms with Gasteiger partial charge in [0.1, 0.15) is 11.6 Å². The molecular formula is C13H20F2N2. The third-order valence-electron chi connectivity index (χ3n) is 2.34. The molecule has 0 aliphatic rings. The minimum Gasteiger partial charge on any atom is -0.381 e. The Bertz CT molecular complexity index is 384. The molecule has 0 bridgehead atoms. The molecule has 0 radical (unpaired) electrons. The molecule has 0 fully saturated rings. The molecule has 0 aliphatic carbocycles. The van der Waals surface area contributed by atoms with Crippen LogP contribution in [0.15, 0.2) is 12.1 Å². The smallest absolute Gasteiger partial charge is 0.146 e. The highest BCUT2D eigenvalue weighted by Gasteiger charge is 2.09. The van der Waals surface area contributed by atoms with Gasteiger partial charge in [0.25, 0.3) is 0 Å². The van der Waals surface area contributed by atoms with Gasteiger partial charge in [-0.15, -0.1) is 0 Å². The summed E-state index contributed by atoms with van der Waals surface area (Å²) in [6.45, 7) is 8.95. The van der Waals surface area contributed by atoms with Crippen LogP contribution in [0.1, 0.15) is 26.3 Å². The number of rotatable bonds is 4. The van der Waals surface area contributed by atoms with Gasteiger partial charge < -0.3 is 10.6 Å². The zero-order chi connectivity index (χ0) is 13.1. The van der Waals surface area contributed by atoms with E-state index in [2.05, 4.69) is 31.4 Å². The minimum absolute atomic E-state index is 0.0265. The molecule has 0 aromatic heterocycles. The maximum absolute atomic E-state index is 13.4. The number of aryl methyl sites for hydroxylation is 1. The van der Waals surface area contributed by atoms with Crippen molar-refractivity contribution in [1.82, 2.24) is 5.32 Å². The number of hydrogen-bond acceptors (Lipinski definition) is 2. The van der Waals surface area contributed by atoms with E-state index >= 15 is 0 Å². The monoisotopic (exact) mass is 242 g/mol. The van der Waals surface area contributed by atoms with Crippen molar-refractivity contribution in [3.05, 3.63) is 29.3 Å². The van der Waals surface area contributed by atoms with Crippen LogP contribution in [0.4, 0.5) is 14.5 Å². The zero-order valence-electron chi connectivity index (χ0n) is 10.8. The third kappa shape index (κ3) is 4.69. The second kappa shape index (κ2) is 5.45. The second-order valence-corrected chi connectivity index (χ2v) is 5.18. The van der Waals surface area contributed by atoms with Gasteiger partial charge in [-0.3, -0.25) is 0 Å². The molecule has 0 amide bonds. The Balaban J connectivity index is 2.50. The maximum atomic E-state index is 13.4. The molecule has 0 saturated carbocycles. The molecule has 0 atom stereocenters. The molecule has 0 aliphatic heterocycles. The fraction of sp³-hybridized carbons (Fsp3) is 0.538. The van der Waals surface area contributed by atoms with E-state index in [0.717, 1.165) is 0 Å². The van der Waals surface area contributed by atoms with Gasteiger partial charge in [-0.1, -0.05) is 0 Å². The van der Waals surface area contributed by atoms with Crippen molar-refractivity contribution >= 4 is 5.69 Å². The van der Waals surface area contributed by atoms with Crippen LogP contribution in [0.2, 0.25) is 0 Å². The van der Waals surface area contributed by atoms with Crippen LogP contribution in [0.25, 0.3) is 0 Å². The Kier molecular flexibility index (Phi) is 4.46. The lowest BCUT2D eigenvalue weighted by Crippen LogP contribution is -2.38. The molecule has 0 saturated heterocycles. The van der Waals surface area contributed by atoms with Crippen LogP contribution in [0.5, 0.6) is 0 Å². The summed E-state index contributed by atoms with van der Waals surface area (Å²) in [7, 11) is 0. The number of hydrogen-bond donors (Lipinski definition) is 2. The van der Waals surface area contributed by atoms with E-state index in [1.54, 1.807) is 6.92 Å². The molecule has 1 aromatic carbocycles. The van der Waals surface area contributed by atoms with Crippen molar-refractivity contribution in [3.8, 4) is 0 Å². The number of benzene rings is 1. The Morgan fingerprint density at radius 2 is 1.71 bits per heavy atom. The third-order valence-corrected chi connectivity index (χ3v) is 2.34. The van der Waals surface area contributed by atoms with E-state index in [9.17, 15) is 8.78 Å². The lowest BCUT2D eigenvalue weighted by atomic mass is 10.1. The minimum atomic E-state index is -0.417. The summed E-state index contributed by atoms with van der Waals surface area (Å²) in [4.78, 5) is 0. The number of anilines is 1. The predicted molar refractivity (Wildman–Crippen MR) is 67.3 cm³/mol. The molecule has 0 unspecified atom stereocenters. The van der Waals surface area contributed by atoms with E-state index in [0.29, 0.717) is 18.7 Å². The standard InChI is InChI=1S/C13H20F2N2/c1-9-7-11(15)12(8-10(9)14)16-5-6-17-13(2,3)4/h7-8,16-17H,5-6H2,1-4H3. The maximum Gasteiger partial charge on any atom is 0.146 e. The van der Waals surface area contributed by atoms with Crippen LogP contribution < -0.4 is 10.6 Å². The number of nitrogens with one attached hydrogen (secondary N) is 2. The molecule has 2 nitrogen and oxygen atoms in total. The van der Waals surface area contributed by atoms with Crippen molar-refractivity contribution in [2.45, 2.75) is 33.2 Å². The summed E-state index contributed by atoms with van der Waals surface area (Å²) >= 11 is 0. The Morgan fingerprint density at radius 3 is 2.29 bits per heavy atom. The van der Waals surface area contributed by atoms with Crippen molar-refractivity contribution in [3.63, 3.8) is 0 Å². The van der Waals surface area contributed by atoms with Crippen molar-refractivity contribution in [2.75, 3.05) is 18.4 Å². The van der Waals surface area contributed by atoms with Crippen molar-refractivity contribution in [1.29, 1.82) is 0 Å². The van der Waals surface area contributed by atoms with Gasteiger partial charge in [-0.25, -0.2) is 8.78 Å². The molecule has 0 heterocycles. The van der Waals surface area contributed by atoms with Crippen LogP contribution in [0, 0.1) is 18.6 Å². The summed E-state index contributed by atoms with van der Waals surface area (Å²) in [5, 5.41) is 6.13. The summed E-state index contributed by atoms with van der Waals surface area (Å²) in [6.07, 6.45) is 0. The highest BCUT2D eigenvalue weighted by atomic mass is 19.1. The van der Waals surface area contributed by atoms with E-state index in [-0.39, 0.29) is 11.2 Å². The van der Waals surface area contributed by atoms with E-state index < -0.39 is 11.6 Å². The van der Waals surface area contributed by atoms with Gasteiger partial charge in [-0.05, 0) is 39.3 Å². The molecule has 4 heteroatoms. The fourth-order valence-corrected chi connectivity index (χ4v) is 1.42. The van der Waals surface area contributed by atoms with Gasteiger partial charge >= 0.3 is 0 Å². The summed E-state index contributed by atoms with van der Waals surface area (Å²) in [5.41, 5.74) is 0.559. The summed E-state index contributed by atoms with van der Waals surface area (Å²) < 4.78 is 26.7. The molecule has 2 N–H and O–H groups in total. The second-order valence-electron chi connectivity index (χ2n) is 5.18. The fourth-order valence-electron chi connectivity index (χ4n) is 1.42. The lowest BCUT2D eigenvalue weighted by molar-refractivity contribution is 0.435. The van der Waals surface area contributed by atoms with E-state index in [4.69, 9.17) is 0 Å². The zero-order valence-corrected chi connectivity index (χ0v) is 10.8. The van der Waals surface area contributed by atoms with Crippen LogP contribution in [0.3, 0.4) is 0 Å². The largest absolute Gasteiger partial charge is 0.381 e. The van der Waals surface area contributed by atoms with E-state index in [1.165, 1.54) is 12.1 Å². The molecule has 0 spiro atoms. The Hall–Kier alpha value is -1.16. The molecule has 96 valence electrons. The Morgan fingerprint density at radius 1 is 1.06 bits per heavy atom. The first kappa shape index (κ1) is 13.9. The quantitative estimate of drug-likeness (QED) is 0.793. The topological polar surface area (TPSA) is 24.1 Å². The van der Waals surface area contributed by atoms with Gasteiger partial charge in [-0.2, -0.15) is 0 Å². The van der Waals surface area contributed by atoms with Gasteiger partial charge in [0, 0.05) is 24.7 Å². The van der Waals surface area contributed by atoms with Crippen molar-refractivity contribution < 1.29 is 8.78 Å². The summed E-state index contributed by atoms with van der Waals surface area (Å²) in [5.74, 6) is -0.808. The lowest BCUT2D eigenvalue weighted by Gasteiger charge is -2.20. The normalized spacial score (nSPS) is 11.6. The van der Waals surface area contributed by atoms with Crippen molar-refractivity contribution in [2.24, 2.45) is 0 Å². The van der Waals surface area contributed by atoms with Crippen LogP contribution >= 0.6 is 0 Å². The average molecular weight is 242 g/mol. The highest BCUT2D eigenvalue weighted by molar-refractivity contribution is 5.46.